The Morgan fingerprint density at radius 3 is 2.57 bits per heavy atom. The number of hydrogen-bond acceptors (Lipinski definition) is 7. The highest BCUT2D eigenvalue weighted by atomic mass is 16.6. The van der Waals surface area contributed by atoms with Crippen LogP contribution in [0.4, 0.5) is 5.82 Å². The first kappa shape index (κ1) is 10.4. The lowest BCUT2D eigenvalue weighted by Gasteiger charge is -2.11. The third-order valence-corrected chi connectivity index (χ3v) is 1.50. The van der Waals surface area contributed by atoms with E-state index in [9.17, 15) is 4.79 Å². The summed E-state index contributed by atoms with van der Waals surface area (Å²) in [6.07, 6.45) is 0. The van der Waals surface area contributed by atoms with Crippen molar-refractivity contribution in [1.29, 1.82) is 0 Å². The summed E-state index contributed by atoms with van der Waals surface area (Å²) in [6, 6.07) is -0.751. The van der Waals surface area contributed by atoms with Gasteiger partial charge < -0.3 is 21.3 Å². The lowest BCUT2D eigenvalue weighted by Crippen LogP contribution is -2.40. The summed E-state index contributed by atoms with van der Waals surface area (Å²) in [5.74, 6) is -0.797. The fraction of sp³-hybridized carbons (Fsp3) is 0.500. The van der Waals surface area contributed by atoms with E-state index in [0.29, 0.717) is 0 Å². The molecule has 1 heterocycles. The molecule has 1 rings (SSSR count). The molecule has 0 aliphatic rings. The smallest absolute Gasteiger partial charge is 0.277 e. The van der Waals surface area contributed by atoms with E-state index in [1.807, 2.05) is 0 Å². The third-order valence-electron chi connectivity index (χ3n) is 1.50. The molecule has 0 saturated carbocycles. The van der Waals surface area contributed by atoms with Crippen molar-refractivity contribution in [3.8, 4) is 0 Å². The van der Waals surface area contributed by atoms with E-state index in [-0.39, 0.29) is 24.7 Å². The van der Waals surface area contributed by atoms with Crippen molar-refractivity contribution in [2.45, 2.75) is 6.04 Å². The SMILES string of the molecule is Nc1nonc1C(=O)NC(CO)CO. The Bertz CT molecular complexity index is 309. The van der Waals surface area contributed by atoms with Crippen LogP contribution in [-0.4, -0.2) is 45.7 Å². The van der Waals surface area contributed by atoms with E-state index < -0.39 is 11.9 Å². The zero-order chi connectivity index (χ0) is 10.6. The van der Waals surface area contributed by atoms with Crippen LogP contribution in [-0.2, 0) is 0 Å². The van der Waals surface area contributed by atoms with Gasteiger partial charge in [0.1, 0.15) is 0 Å². The standard InChI is InChI=1S/C6H10N4O4/c7-5-4(9-14-10-5)6(13)8-3(1-11)2-12/h3,11-12H,1-2H2,(H2,7,10)(H,8,13). The van der Waals surface area contributed by atoms with Crippen molar-refractivity contribution in [2.24, 2.45) is 0 Å². The lowest BCUT2D eigenvalue weighted by atomic mass is 10.3. The molecule has 0 aliphatic carbocycles. The quantitative estimate of drug-likeness (QED) is 0.432. The van der Waals surface area contributed by atoms with Crippen LogP contribution >= 0.6 is 0 Å². The summed E-state index contributed by atoms with van der Waals surface area (Å²) in [5, 5.41) is 26.1. The molecule has 0 fully saturated rings. The molecule has 8 heteroatoms. The number of nitrogens with two attached hydrogens (primary N) is 1. The number of aliphatic hydroxyl groups excluding tert-OH is 2. The topological polar surface area (TPSA) is 134 Å². The highest BCUT2D eigenvalue weighted by Gasteiger charge is 2.18. The summed E-state index contributed by atoms with van der Waals surface area (Å²) in [6.45, 7) is -0.763. The molecule has 0 bridgehead atoms. The van der Waals surface area contributed by atoms with E-state index >= 15 is 0 Å². The predicted molar refractivity (Wildman–Crippen MR) is 44.1 cm³/mol. The van der Waals surface area contributed by atoms with Gasteiger partial charge in [0.05, 0.1) is 19.3 Å². The molecule has 0 radical (unpaired) electrons. The summed E-state index contributed by atoms with van der Waals surface area (Å²) in [4.78, 5) is 11.3. The molecule has 0 unspecified atom stereocenters. The second kappa shape index (κ2) is 4.53. The Morgan fingerprint density at radius 1 is 1.50 bits per heavy atom. The summed E-state index contributed by atoms with van der Waals surface area (Å²) in [5.41, 5.74) is 5.08. The molecular weight excluding hydrogens is 192 g/mol. The van der Waals surface area contributed by atoms with Gasteiger partial charge in [-0.05, 0) is 10.3 Å². The highest BCUT2D eigenvalue weighted by Crippen LogP contribution is 2.03. The number of hydrogen-bond donors (Lipinski definition) is 4. The van der Waals surface area contributed by atoms with Crippen molar-refractivity contribution < 1.29 is 19.6 Å². The number of nitrogens with one attached hydrogen (secondary N) is 1. The van der Waals surface area contributed by atoms with Gasteiger partial charge in [0, 0.05) is 0 Å². The minimum Gasteiger partial charge on any atom is -0.394 e. The Kier molecular flexibility index (Phi) is 3.37. The number of amides is 1. The zero-order valence-electron chi connectivity index (χ0n) is 7.17. The second-order valence-corrected chi connectivity index (χ2v) is 2.53. The Hall–Kier alpha value is -1.67. The molecule has 0 atom stereocenters. The molecule has 0 saturated heterocycles. The van der Waals surface area contributed by atoms with Crippen LogP contribution in [0.2, 0.25) is 0 Å². The van der Waals surface area contributed by atoms with Crippen LogP contribution in [0.5, 0.6) is 0 Å². The van der Waals surface area contributed by atoms with Crippen LogP contribution in [0.15, 0.2) is 4.63 Å². The van der Waals surface area contributed by atoms with E-state index in [4.69, 9.17) is 15.9 Å². The Labute approximate surface area is 78.7 Å². The van der Waals surface area contributed by atoms with Gasteiger partial charge in [-0.25, -0.2) is 4.63 Å². The monoisotopic (exact) mass is 202 g/mol. The van der Waals surface area contributed by atoms with E-state index in [0.717, 1.165) is 0 Å². The summed E-state index contributed by atoms with van der Waals surface area (Å²) in [7, 11) is 0. The molecule has 1 aromatic heterocycles. The maximum atomic E-state index is 11.3. The molecule has 5 N–H and O–H groups in total. The van der Waals surface area contributed by atoms with Gasteiger partial charge in [0.25, 0.3) is 5.91 Å². The van der Waals surface area contributed by atoms with Crippen LogP contribution in [0.1, 0.15) is 10.5 Å². The number of aliphatic hydroxyl groups is 2. The van der Waals surface area contributed by atoms with Gasteiger partial charge >= 0.3 is 0 Å². The maximum Gasteiger partial charge on any atom is 0.277 e. The van der Waals surface area contributed by atoms with Crippen molar-refractivity contribution in [1.82, 2.24) is 15.6 Å². The van der Waals surface area contributed by atoms with Crippen molar-refractivity contribution in [3.63, 3.8) is 0 Å². The molecule has 8 nitrogen and oxygen atoms in total. The van der Waals surface area contributed by atoms with Crippen LogP contribution in [0, 0.1) is 0 Å². The van der Waals surface area contributed by atoms with Gasteiger partial charge in [0.2, 0.25) is 11.5 Å². The molecule has 0 spiro atoms. The fourth-order valence-electron chi connectivity index (χ4n) is 0.756. The van der Waals surface area contributed by atoms with Crippen LogP contribution in [0.25, 0.3) is 0 Å². The van der Waals surface area contributed by atoms with E-state index in [1.165, 1.54) is 0 Å². The van der Waals surface area contributed by atoms with Gasteiger partial charge in [-0.1, -0.05) is 0 Å². The largest absolute Gasteiger partial charge is 0.394 e. The molecular formula is C6H10N4O4. The third kappa shape index (κ3) is 2.18. The van der Waals surface area contributed by atoms with E-state index in [1.54, 1.807) is 0 Å². The average molecular weight is 202 g/mol. The molecule has 78 valence electrons. The Balaban J connectivity index is 2.63. The number of anilines is 1. The molecule has 0 aliphatic heterocycles. The number of carbonyl (C=O) groups excluding carboxylic acids is 1. The normalized spacial score (nSPS) is 10.5. The lowest BCUT2D eigenvalue weighted by molar-refractivity contribution is 0.0870. The first-order valence-electron chi connectivity index (χ1n) is 3.79. The fourth-order valence-corrected chi connectivity index (χ4v) is 0.756. The Morgan fingerprint density at radius 2 is 2.14 bits per heavy atom. The average Bonchev–Trinajstić information content (AvgIpc) is 2.60. The zero-order valence-corrected chi connectivity index (χ0v) is 7.17. The van der Waals surface area contributed by atoms with Crippen molar-refractivity contribution in [3.05, 3.63) is 5.69 Å². The molecule has 0 aromatic carbocycles. The molecule has 1 amide bonds. The number of nitrogen functional groups attached to an aromatic ring is 1. The van der Waals surface area contributed by atoms with Crippen molar-refractivity contribution in [2.75, 3.05) is 18.9 Å². The van der Waals surface area contributed by atoms with Gasteiger partial charge in [-0.15, -0.1) is 0 Å². The molecule has 14 heavy (non-hydrogen) atoms. The van der Waals surface area contributed by atoms with Gasteiger partial charge in [0.15, 0.2) is 0 Å². The minimum absolute atomic E-state index is 0.142. The second-order valence-electron chi connectivity index (χ2n) is 2.53. The number of aromatic nitrogens is 2. The number of carbonyl (C=O) groups is 1. The highest BCUT2D eigenvalue weighted by molar-refractivity contribution is 5.96. The summed E-state index contributed by atoms with van der Waals surface area (Å²) < 4.78 is 4.20. The van der Waals surface area contributed by atoms with Crippen molar-refractivity contribution >= 4 is 11.7 Å². The summed E-state index contributed by atoms with van der Waals surface area (Å²) >= 11 is 0. The maximum absolute atomic E-state index is 11.3. The predicted octanol–water partition coefficient (Wildman–Crippen LogP) is -2.27. The first-order valence-corrected chi connectivity index (χ1v) is 3.79. The first-order chi connectivity index (χ1) is 6.69. The van der Waals surface area contributed by atoms with Gasteiger partial charge in [-0.3, -0.25) is 4.79 Å². The number of rotatable bonds is 4. The number of nitrogens with zero attached hydrogens (tertiary/aromatic N) is 2. The van der Waals surface area contributed by atoms with Gasteiger partial charge in [-0.2, -0.15) is 0 Å². The van der Waals surface area contributed by atoms with Crippen LogP contribution in [0.3, 0.4) is 0 Å². The minimum atomic E-state index is -0.751. The van der Waals surface area contributed by atoms with E-state index in [2.05, 4.69) is 20.3 Å². The van der Waals surface area contributed by atoms with Crippen LogP contribution < -0.4 is 11.1 Å². The molecule has 1 aromatic rings.